The summed E-state index contributed by atoms with van der Waals surface area (Å²) in [6, 6.07) is -0.643. The first-order chi connectivity index (χ1) is 35.2. The van der Waals surface area contributed by atoms with Crippen molar-refractivity contribution in [1.82, 2.24) is 5.32 Å². The maximum Gasteiger partial charge on any atom is 0.220 e. The van der Waals surface area contributed by atoms with E-state index in [1.807, 2.05) is 6.08 Å². The van der Waals surface area contributed by atoms with Crippen LogP contribution in [0.3, 0.4) is 0 Å². The Labute approximate surface area is 443 Å². The SMILES string of the molecule is CC/C=C\C/C=C\C/C=C\C/C=C\C/C=C\CCCCCCCCCCCCCCCCCCCC(=O)NC(CO)C(O)/C=C/CC/C=C/CCCCCCCCCCCCCCCCCCCCCC. The second kappa shape index (κ2) is 61.9. The highest BCUT2D eigenvalue weighted by atomic mass is 16.3. The van der Waals surface area contributed by atoms with Gasteiger partial charge >= 0.3 is 0 Å². The van der Waals surface area contributed by atoms with E-state index >= 15 is 0 Å². The molecule has 0 aromatic rings. The second-order valence-corrected chi connectivity index (χ2v) is 21.1. The van der Waals surface area contributed by atoms with E-state index in [0.29, 0.717) is 6.42 Å². The van der Waals surface area contributed by atoms with E-state index < -0.39 is 12.1 Å². The first-order valence-electron chi connectivity index (χ1n) is 31.3. The van der Waals surface area contributed by atoms with Crippen molar-refractivity contribution < 1.29 is 15.0 Å². The first-order valence-corrected chi connectivity index (χ1v) is 31.3. The molecule has 1 amide bonds. The predicted molar refractivity (Wildman–Crippen MR) is 317 cm³/mol. The van der Waals surface area contributed by atoms with Crippen LogP contribution >= 0.6 is 0 Å². The zero-order valence-electron chi connectivity index (χ0n) is 47.5. The third kappa shape index (κ3) is 58.3. The van der Waals surface area contributed by atoms with Gasteiger partial charge in [0.05, 0.1) is 18.8 Å². The average molecular weight is 989 g/mol. The molecule has 0 heterocycles. The highest BCUT2D eigenvalue weighted by Gasteiger charge is 2.18. The monoisotopic (exact) mass is 988 g/mol. The number of hydrogen-bond donors (Lipinski definition) is 3. The summed E-state index contributed by atoms with van der Waals surface area (Å²) in [5.74, 6) is -0.0718. The molecular formula is C67H121NO3. The van der Waals surface area contributed by atoms with Crippen LogP contribution in [0.15, 0.2) is 85.1 Å². The smallest absolute Gasteiger partial charge is 0.220 e. The van der Waals surface area contributed by atoms with Gasteiger partial charge in [-0.1, -0.05) is 317 Å². The van der Waals surface area contributed by atoms with Crippen molar-refractivity contribution in [3.8, 4) is 0 Å². The molecule has 0 rings (SSSR count). The summed E-state index contributed by atoms with van der Waals surface area (Å²) in [6.45, 7) is 4.21. The van der Waals surface area contributed by atoms with Gasteiger partial charge in [-0.2, -0.15) is 0 Å². The molecule has 0 saturated carbocycles. The topological polar surface area (TPSA) is 69.6 Å². The van der Waals surface area contributed by atoms with Gasteiger partial charge in [0.25, 0.3) is 0 Å². The number of carbonyl (C=O) groups excluding carboxylic acids is 1. The van der Waals surface area contributed by atoms with Crippen molar-refractivity contribution in [2.75, 3.05) is 6.61 Å². The molecule has 0 fully saturated rings. The Hall–Kier alpha value is -2.43. The summed E-state index contributed by atoms with van der Waals surface area (Å²) in [4.78, 5) is 12.5. The number of nitrogens with one attached hydrogen (secondary N) is 1. The van der Waals surface area contributed by atoms with Gasteiger partial charge in [0.15, 0.2) is 0 Å². The van der Waals surface area contributed by atoms with Crippen LogP contribution in [0, 0.1) is 0 Å². The van der Waals surface area contributed by atoms with Crippen LogP contribution in [-0.4, -0.2) is 34.9 Å². The molecule has 2 unspecified atom stereocenters. The van der Waals surface area contributed by atoms with Gasteiger partial charge in [0.2, 0.25) is 5.91 Å². The zero-order chi connectivity index (χ0) is 51.3. The number of carbonyl (C=O) groups is 1. The van der Waals surface area contributed by atoms with Crippen molar-refractivity contribution >= 4 is 5.91 Å². The molecule has 0 aromatic carbocycles. The third-order valence-corrected chi connectivity index (χ3v) is 14.1. The molecule has 0 radical (unpaired) electrons. The first kappa shape index (κ1) is 68.6. The van der Waals surface area contributed by atoms with Gasteiger partial charge in [-0.25, -0.2) is 0 Å². The number of amides is 1. The average Bonchev–Trinajstić information content (AvgIpc) is 3.37. The molecule has 2 atom stereocenters. The summed E-state index contributed by atoms with van der Waals surface area (Å²) in [6.07, 6.45) is 90.6. The van der Waals surface area contributed by atoms with Gasteiger partial charge < -0.3 is 15.5 Å². The molecule has 4 nitrogen and oxygen atoms in total. The van der Waals surface area contributed by atoms with Crippen LogP contribution in [0.25, 0.3) is 0 Å². The quantitative estimate of drug-likeness (QED) is 0.0420. The van der Waals surface area contributed by atoms with E-state index in [1.54, 1.807) is 6.08 Å². The number of aliphatic hydroxyl groups excluding tert-OH is 2. The molecule has 0 aliphatic carbocycles. The van der Waals surface area contributed by atoms with E-state index in [9.17, 15) is 15.0 Å². The molecule has 71 heavy (non-hydrogen) atoms. The van der Waals surface area contributed by atoms with Crippen LogP contribution in [-0.2, 0) is 4.79 Å². The second-order valence-electron chi connectivity index (χ2n) is 21.1. The van der Waals surface area contributed by atoms with E-state index in [2.05, 4.69) is 92.1 Å². The number of hydrogen-bond acceptors (Lipinski definition) is 3. The van der Waals surface area contributed by atoms with Crippen molar-refractivity contribution in [2.45, 2.75) is 328 Å². The standard InChI is InChI=1S/C67H121NO3/c1-3-5-7-9-11-13-15-17-19-21-23-25-27-29-31-32-33-34-35-36-37-39-41-43-45-47-49-51-53-55-57-59-61-63-67(71)68-65(64-69)66(70)62-60-58-56-54-52-50-48-46-44-42-40-38-30-28-26-24-22-20-18-16-14-12-10-8-6-4-2/h5,7,11,13,17,19,23,25,29,31,52,54,60,62,65-66,69-70H,3-4,6,8-10,12,14-16,18,20-22,24,26-28,30,32-51,53,55-59,61,63-64H2,1-2H3,(H,68,71)/b7-5-,13-11-,19-17-,25-23-,31-29-,54-52+,62-60+. The fourth-order valence-corrected chi connectivity index (χ4v) is 9.40. The number of aliphatic hydroxyl groups is 2. The maximum atomic E-state index is 12.5. The van der Waals surface area contributed by atoms with Crippen molar-refractivity contribution in [3.05, 3.63) is 85.1 Å². The van der Waals surface area contributed by atoms with Gasteiger partial charge in [0.1, 0.15) is 0 Å². The molecule has 0 aliphatic rings. The Kier molecular flexibility index (Phi) is 59.8. The minimum Gasteiger partial charge on any atom is -0.394 e. The van der Waals surface area contributed by atoms with Crippen molar-refractivity contribution in [1.29, 1.82) is 0 Å². The lowest BCUT2D eigenvalue weighted by Crippen LogP contribution is -2.45. The lowest BCUT2D eigenvalue weighted by Gasteiger charge is -2.19. The Morgan fingerprint density at radius 1 is 0.352 bits per heavy atom. The molecule has 3 N–H and O–H groups in total. The largest absolute Gasteiger partial charge is 0.394 e. The fourth-order valence-electron chi connectivity index (χ4n) is 9.40. The highest BCUT2D eigenvalue weighted by molar-refractivity contribution is 5.76. The molecule has 412 valence electrons. The Morgan fingerprint density at radius 3 is 0.986 bits per heavy atom. The van der Waals surface area contributed by atoms with Crippen LogP contribution < -0.4 is 5.32 Å². The molecule has 4 heteroatoms. The Morgan fingerprint density at radius 2 is 0.634 bits per heavy atom. The van der Waals surface area contributed by atoms with Gasteiger partial charge in [-0.3, -0.25) is 4.79 Å². The third-order valence-electron chi connectivity index (χ3n) is 14.1. The summed E-state index contributed by atoms with van der Waals surface area (Å²) >= 11 is 0. The van der Waals surface area contributed by atoms with Crippen molar-refractivity contribution in [2.24, 2.45) is 0 Å². The number of unbranched alkanes of at least 4 members (excludes halogenated alkanes) is 38. The molecule has 0 saturated heterocycles. The van der Waals surface area contributed by atoms with Gasteiger partial charge in [-0.15, -0.1) is 0 Å². The summed E-state index contributed by atoms with van der Waals surface area (Å²) in [5, 5.41) is 23.2. The minimum atomic E-state index is -0.866. The normalized spacial score (nSPS) is 13.4. The van der Waals surface area contributed by atoms with Crippen molar-refractivity contribution in [3.63, 3.8) is 0 Å². The number of allylic oxidation sites excluding steroid dienone is 13. The molecule has 0 bridgehead atoms. The van der Waals surface area contributed by atoms with Crippen LogP contribution in [0.2, 0.25) is 0 Å². The lowest BCUT2D eigenvalue weighted by atomic mass is 10.0. The van der Waals surface area contributed by atoms with E-state index in [4.69, 9.17) is 0 Å². The molecule has 0 aromatic heterocycles. The minimum absolute atomic E-state index is 0.0718. The van der Waals surface area contributed by atoms with Crippen LogP contribution in [0.1, 0.15) is 316 Å². The highest BCUT2D eigenvalue weighted by Crippen LogP contribution is 2.17. The summed E-state index contributed by atoms with van der Waals surface area (Å²) in [7, 11) is 0. The predicted octanol–water partition coefficient (Wildman–Crippen LogP) is 21.1. The van der Waals surface area contributed by atoms with Crippen LogP contribution in [0.4, 0.5) is 0 Å². The maximum absolute atomic E-state index is 12.5. The Balaban J connectivity index is 3.51. The van der Waals surface area contributed by atoms with E-state index in [1.165, 1.54) is 231 Å². The van der Waals surface area contributed by atoms with E-state index in [0.717, 1.165) is 64.2 Å². The summed E-state index contributed by atoms with van der Waals surface area (Å²) in [5.41, 5.74) is 0. The molecule has 0 spiro atoms. The molecule has 0 aliphatic heterocycles. The molecular weight excluding hydrogens is 867 g/mol. The summed E-state index contributed by atoms with van der Waals surface area (Å²) < 4.78 is 0. The zero-order valence-corrected chi connectivity index (χ0v) is 47.5. The van der Waals surface area contributed by atoms with Gasteiger partial charge in [0, 0.05) is 6.42 Å². The van der Waals surface area contributed by atoms with Gasteiger partial charge in [-0.05, 0) is 77.0 Å². The van der Waals surface area contributed by atoms with E-state index in [-0.39, 0.29) is 12.5 Å². The fraction of sp³-hybridized carbons (Fsp3) is 0.776. The lowest BCUT2D eigenvalue weighted by molar-refractivity contribution is -0.123. The Bertz CT molecular complexity index is 1260. The number of rotatable bonds is 57. The van der Waals surface area contributed by atoms with Crippen LogP contribution in [0.5, 0.6) is 0 Å².